The van der Waals surface area contributed by atoms with Gasteiger partial charge in [0.25, 0.3) is 0 Å². The van der Waals surface area contributed by atoms with Gasteiger partial charge in [-0.3, -0.25) is 0 Å². The molecule has 0 rings (SSSR count). The standard InChI is InChI=1S/C13H29OP.Co/c1-4-7-10-15(13-14,11-8-5-2)12-9-6-3;/h13,15H,4-12H2,1-3H3;/p+1. The molecule has 0 saturated carbocycles. The van der Waals surface area contributed by atoms with Crippen LogP contribution < -0.4 is 0 Å². The Morgan fingerprint density at radius 2 is 1.19 bits per heavy atom. The molecule has 1 nitrogen and oxygen atoms in total. The Morgan fingerprint density at radius 1 is 0.875 bits per heavy atom. The minimum absolute atomic E-state index is 0. The smallest absolute Gasteiger partial charge is 0 e. The molecule has 0 saturated heterocycles. The summed E-state index contributed by atoms with van der Waals surface area (Å²) in [6.07, 6.45) is 11.2. The summed E-state index contributed by atoms with van der Waals surface area (Å²) in [6, 6.07) is 1.40. The van der Waals surface area contributed by atoms with Crippen LogP contribution in [0.2, 0.25) is 0 Å². The molecule has 0 aliphatic carbocycles. The molecule has 0 aromatic rings. The van der Waals surface area contributed by atoms with E-state index < -0.39 is 7.26 Å². The van der Waals surface area contributed by atoms with Crippen molar-refractivity contribution in [2.24, 2.45) is 0 Å². The summed E-state index contributed by atoms with van der Waals surface area (Å²) in [5.41, 5.74) is 0. The van der Waals surface area contributed by atoms with Crippen LogP contribution in [0.5, 0.6) is 0 Å². The van der Waals surface area contributed by atoms with Crippen LogP contribution in [-0.4, -0.2) is 24.5 Å². The van der Waals surface area contributed by atoms with Crippen LogP contribution in [0.15, 0.2) is 0 Å². The van der Waals surface area contributed by atoms with Gasteiger partial charge >= 0.3 is 97.3 Å². The first-order chi connectivity index (χ1) is 7.24. The first-order valence-corrected chi connectivity index (χ1v) is 9.41. The van der Waals surface area contributed by atoms with Crippen LogP contribution in [0.3, 0.4) is 0 Å². The molecule has 0 bridgehead atoms. The van der Waals surface area contributed by atoms with E-state index in [-0.39, 0.29) is 18.2 Å². The maximum atomic E-state index is 11.4. The zero-order valence-electron chi connectivity index (χ0n) is 12.2. The summed E-state index contributed by atoms with van der Waals surface area (Å²) in [5, 5.41) is 0. The maximum Gasteiger partial charge on any atom is 1.00 e. The van der Waals surface area contributed by atoms with E-state index in [9.17, 15) is 4.79 Å². The average molecular weight is 292 g/mol. The fourth-order valence-electron chi connectivity index (χ4n) is 2.14. The molecule has 0 aromatic carbocycles. The number of rotatable bonds is 10. The Morgan fingerprint density at radius 3 is 1.38 bits per heavy atom. The van der Waals surface area contributed by atoms with Gasteiger partial charge in [0.2, 0.25) is 0 Å². The molecule has 0 aliphatic rings. The molecule has 1 radical (unpaired) electrons. The summed E-state index contributed by atoms with van der Waals surface area (Å²) in [4.78, 5) is 11.4. The van der Waals surface area contributed by atoms with E-state index in [1.807, 2.05) is 0 Å². The Bertz CT molecular complexity index is 146. The molecular formula is C13H30CoOP+. The van der Waals surface area contributed by atoms with Crippen LogP contribution in [0.25, 0.3) is 0 Å². The Labute approximate surface area is 114 Å². The largest absolute Gasteiger partial charge is 1.00 e. The van der Waals surface area contributed by atoms with Gasteiger partial charge in [-0.05, 0) is 0 Å². The van der Waals surface area contributed by atoms with E-state index in [0.717, 1.165) is 0 Å². The van der Waals surface area contributed by atoms with Gasteiger partial charge in [-0.15, -0.1) is 0 Å². The van der Waals surface area contributed by atoms with Gasteiger partial charge in [0, 0.05) is 16.8 Å². The predicted octanol–water partition coefficient (Wildman–Crippen LogP) is 4.44. The van der Waals surface area contributed by atoms with Gasteiger partial charge in [-0.2, -0.15) is 0 Å². The van der Waals surface area contributed by atoms with Crippen molar-refractivity contribution in [2.75, 3.05) is 18.5 Å². The van der Waals surface area contributed by atoms with E-state index >= 15 is 0 Å². The van der Waals surface area contributed by atoms with Gasteiger partial charge in [0.15, 0.2) is 0 Å². The van der Waals surface area contributed by atoms with Gasteiger partial charge < -0.3 is 0 Å². The number of carbonyl (C=O) groups excluding carboxylic acids is 1. The van der Waals surface area contributed by atoms with Gasteiger partial charge in [0.05, 0.1) is 0 Å². The van der Waals surface area contributed by atoms with E-state index in [1.165, 1.54) is 63.0 Å². The second-order valence-corrected chi connectivity index (χ2v) is 9.25. The van der Waals surface area contributed by atoms with Crippen molar-refractivity contribution < 1.29 is 23.0 Å². The molecular weight excluding hydrogens is 262 g/mol. The molecule has 0 atom stereocenters. The van der Waals surface area contributed by atoms with E-state index in [4.69, 9.17) is 0 Å². The van der Waals surface area contributed by atoms with Crippen LogP contribution in [0, 0.1) is 0 Å². The van der Waals surface area contributed by atoms with Crippen molar-refractivity contribution in [3.63, 3.8) is 0 Å². The molecule has 101 valence electrons. The number of hydrogen-bond donors (Lipinski definition) is 0. The molecule has 0 aliphatic heterocycles. The second kappa shape index (κ2) is 12.1. The quantitative estimate of drug-likeness (QED) is 0.430. The number of carbonyl (C=O) groups is 1. The molecule has 0 fully saturated rings. The maximum absolute atomic E-state index is 11.4. The van der Waals surface area contributed by atoms with Crippen molar-refractivity contribution in [2.45, 2.75) is 59.3 Å². The normalized spacial score (nSPS) is 11.9. The molecule has 0 N–H and O–H groups in total. The summed E-state index contributed by atoms with van der Waals surface area (Å²) < 4.78 is 0. The third-order valence-electron chi connectivity index (χ3n) is 3.33. The minimum Gasteiger partial charge on any atom is 0 e. The molecule has 0 heterocycles. The first kappa shape index (κ1) is 19.0. The number of unbranched alkanes of at least 4 members (excludes halogenated alkanes) is 3. The summed E-state index contributed by atoms with van der Waals surface area (Å²) >= 11 is 0. The SMILES string of the molecule is CCCC[PH](C=O)(CCCC)CCCC.[Co].[H+]. The fourth-order valence-corrected chi connectivity index (χ4v) is 6.41. The minimum atomic E-state index is -1.51. The average Bonchev–Trinajstić information content (AvgIpc) is 2.29. The Balaban J connectivity index is -0.000000980. The summed E-state index contributed by atoms with van der Waals surface area (Å²) in [6.45, 7) is 6.68. The second-order valence-electron chi connectivity index (χ2n) is 4.79. The van der Waals surface area contributed by atoms with Gasteiger partial charge in [-0.1, -0.05) is 0 Å². The van der Waals surface area contributed by atoms with Crippen LogP contribution in [-0.2, 0) is 21.6 Å². The van der Waals surface area contributed by atoms with Crippen LogP contribution in [0.1, 0.15) is 60.7 Å². The van der Waals surface area contributed by atoms with Gasteiger partial charge in [-0.25, -0.2) is 0 Å². The van der Waals surface area contributed by atoms with Crippen molar-refractivity contribution in [1.29, 1.82) is 0 Å². The monoisotopic (exact) mass is 292 g/mol. The van der Waals surface area contributed by atoms with Crippen molar-refractivity contribution in [1.82, 2.24) is 0 Å². The first-order valence-electron chi connectivity index (χ1n) is 6.71. The van der Waals surface area contributed by atoms with Gasteiger partial charge in [0.1, 0.15) is 0 Å². The summed E-state index contributed by atoms with van der Waals surface area (Å²) in [5.74, 6) is 0. The van der Waals surface area contributed by atoms with Crippen molar-refractivity contribution >= 4 is 13.3 Å². The van der Waals surface area contributed by atoms with Crippen molar-refractivity contribution in [3.05, 3.63) is 0 Å². The van der Waals surface area contributed by atoms with E-state index in [1.54, 1.807) is 0 Å². The zero-order chi connectivity index (χ0) is 11.6. The molecule has 3 heteroatoms. The third-order valence-corrected chi connectivity index (χ3v) is 7.88. The zero-order valence-corrected chi connectivity index (χ0v) is 13.2. The van der Waals surface area contributed by atoms with Crippen LogP contribution >= 0.6 is 7.26 Å². The van der Waals surface area contributed by atoms with Crippen LogP contribution in [0.4, 0.5) is 0 Å². The molecule has 0 spiro atoms. The molecule has 16 heavy (non-hydrogen) atoms. The molecule has 0 unspecified atom stereocenters. The Kier molecular flexibility index (Phi) is 14.3. The number of hydrogen-bond acceptors (Lipinski definition) is 1. The predicted molar refractivity (Wildman–Crippen MR) is 75.5 cm³/mol. The third kappa shape index (κ3) is 7.81. The Hall–Kier alpha value is 0.606. The molecule has 0 aromatic heterocycles. The molecule has 0 amide bonds. The topological polar surface area (TPSA) is 17.1 Å². The fraction of sp³-hybridized carbons (Fsp3) is 0.923. The van der Waals surface area contributed by atoms with Crippen molar-refractivity contribution in [3.8, 4) is 0 Å². The van der Waals surface area contributed by atoms with E-state index in [2.05, 4.69) is 20.8 Å². The summed E-state index contributed by atoms with van der Waals surface area (Å²) in [7, 11) is -1.51. The van der Waals surface area contributed by atoms with E-state index in [0.29, 0.717) is 0 Å².